The van der Waals surface area contributed by atoms with Gasteiger partial charge in [0.15, 0.2) is 0 Å². The first-order valence-electron chi connectivity index (χ1n) is 5.24. The lowest BCUT2D eigenvalue weighted by atomic mass is 10.2. The van der Waals surface area contributed by atoms with Crippen LogP contribution in [-0.4, -0.2) is 11.1 Å². The predicted molar refractivity (Wildman–Crippen MR) is 75.0 cm³/mol. The molecule has 88 valence electrons. The maximum Gasteiger partial charge on any atom is 0.133 e. The van der Waals surface area contributed by atoms with Gasteiger partial charge in [-0.05, 0) is 47.0 Å². The molecule has 16 heavy (non-hydrogen) atoms. The number of thiocarbonyl (C=S) groups is 1. The molecule has 2 N–H and O–H groups in total. The Bertz CT molecular complexity index is 381. The van der Waals surface area contributed by atoms with E-state index in [4.69, 9.17) is 22.7 Å². The van der Waals surface area contributed by atoms with Crippen LogP contribution in [0, 0.1) is 6.92 Å². The highest BCUT2D eigenvalue weighted by Gasteiger charge is 2.11. The number of benzene rings is 1. The van der Waals surface area contributed by atoms with Gasteiger partial charge in [-0.2, -0.15) is 0 Å². The third-order valence-electron chi connectivity index (χ3n) is 2.27. The lowest BCUT2D eigenvalue weighted by molar-refractivity contribution is 0.204. The summed E-state index contributed by atoms with van der Waals surface area (Å²) < 4.78 is 6.81. The number of nitrogens with two attached hydrogens (primary N) is 1. The zero-order valence-electron chi connectivity index (χ0n) is 9.50. The zero-order chi connectivity index (χ0) is 12.1. The summed E-state index contributed by atoms with van der Waals surface area (Å²) in [6.07, 6.45) is 1.56. The number of hydrogen-bond donors (Lipinski definition) is 1. The van der Waals surface area contributed by atoms with Gasteiger partial charge in [-0.3, -0.25) is 0 Å². The van der Waals surface area contributed by atoms with E-state index in [0.29, 0.717) is 11.4 Å². The number of hydrogen-bond acceptors (Lipinski definition) is 2. The highest BCUT2D eigenvalue weighted by molar-refractivity contribution is 9.10. The summed E-state index contributed by atoms with van der Waals surface area (Å²) in [7, 11) is 0. The molecule has 1 aromatic rings. The predicted octanol–water partition coefficient (Wildman–Crippen LogP) is 3.59. The van der Waals surface area contributed by atoms with Crippen LogP contribution in [0.25, 0.3) is 0 Å². The summed E-state index contributed by atoms with van der Waals surface area (Å²) in [6.45, 7) is 4.10. The molecule has 0 aromatic heterocycles. The highest BCUT2D eigenvalue weighted by atomic mass is 79.9. The highest BCUT2D eigenvalue weighted by Crippen LogP contribution is 2.27. The van der Waals surface area contributed by atoms with E-state index in [2.05, 4.69) is 22.9 Å². The maximum absolute atomic E-state index is 5.85. The normalized spacial score (nSPS) is 12.2. The van der Waals surface area contributed by atoms with Crippen molar-refractivity contribution >= 4 is 33.1 Å². The van der Waals surface area contributed by atoms with Crippen LogP contribution in [0.1, 0.15) is 25.3 Å². The standard InChI is InChI=1S/C12H16BrNOS/c1-3-9(7-12(14)16)15-11-5-4-8(2)6-10(11)13/h4-6,9H,3,7H2,1-2H3,(H2,14,16). The van der Waals surface area contributed by atoms with Crippen LogP contribution in [0.15, 0.2) is 22.7 Å². The number of halogens is 1. The van der Waals surface area contributed by atoms with Crippen molar-refractivity contribution in [2.45, 2.75) is 32.8 Å². The minimum Gasteiger partial charge on any atom is -0.489 e. The molecule has 0 radical (unpaired) electrons. The SMILES string of the molecule is CCC(CC(N)=S)Oc1ccc(C)cc1Br. The summed E-state index contributed by atoms with van der Waals surface area (Å²) in [5.41, 5.74) is 6.72. The first-order chi connectivity index (χ1) is 7.52. The van der Waals surface area contributed by atoms with E-state index in [0.717, 1.165) is 16.6 Å². The van der Waals surface area contributed by atoms with Gasteiger partial charge in [0.1, 0.15) is 11.9 Å². The Morgan fingerprint density at radius 2 is 2.25 bits per heavy atom. The molecule has 0 aliphatic carbocycles. The molecule has 0 fully saturated rings. The van der Waals surface area contributed by atoms with Crippen molar-refractivity contribution in [1.29, 1.82) is 0 Å². The molecule has 1 unspecified atom stereocenters. The topological polar surface area (TPSA) is 35.2 Å². The van der Waals surface area contributed by atoms with Crippen molar-refractivity contribution in [3.05, 3.63) is 28.2 Å². The monoisotopic (exact) mass is 301 g/mol. The van der Waals surface area contributed by atoms with E-state index in [-0.39, 0.29) is 6.10 Å². The Labute approximate surface area is 110 Å². The van der Waals surface area contributed by atoms with Crippen molar-refractivity contribution in [1.82, 2.24) is 0 Å². The van der Waals surface area contributed by atoms with E-state index in [9.17, 15) is 0 Å². The molecule has 0 spiro atoms. The van der Waals surface area contributed by atoms with E-state index in [1.54, 1.807) is 0 Å². The molecule has 0 saturated carbocycles. The molecule has 0 aliphatic rings. The van der Waals surface area contributed by atoms with Crippen molar-refractivity contribution < 1.29 is 4.74 Å². The average molecular weight is 302 g/mol. The van der Waals surface area contributed by atoms with Crippen LogP contribution < -0.4 is 10.5 Å². The fourth-order valence-corrected chi connectivity index (χ4v) is 2.15. The largest absolute Gasteiger partial charge is 0.489 e. The quantitative estimate of drug-likeness (QED) is 0.844. The first-order valence-corrected chi connectivity index (χ1v) is 6.44. The van der Waals surface area contributed by atoms with Gasteiger partial charge in [-0.1, -0.05) is 25.2 Å². The number of aryl methyl sites for hydroxylation is 1. The third kappa shape index (κ3) is 4.10. The molecule has 0 aliphatic heterocycles. The second kappa shape index (κ2) is 6.21. The molecule has 0 saturated heterocycles. The van der Waals surface area contributed by atoms with E-state index >= 15 is 0 Å². The van der Waals surface area contributed by atoms with Gasteiger partial charge in [-0.15, -0.1) is 0 Å². The number of ether oxygens (including phenoxy) is 1. The molecular weight excluding hydrogens is 286 g/mol. The molecule has 1 rings (SSSR count). The summed E-state index contributed by atoms with van der Waals surface area (Å²) in [5.74, 6) is 0.841. The number of rotatable bonds is 5. The molecule has 1 atom stereocenters. The minimum atomic E-state index is 0.0523. The fraction of sp³-hybridized carbons (Fsp3) is 0.417. The van der Waals surface area contributed by atoms with Crippen molar-refractivity contribution in [2.24, 2.45) is 5.73 Å². The second-order valence-electron chi connectivity index (χ2n) is 3.75. The van der Waals surface area contributed by atoms with Crippen LogP contribution >= 0.6 is 28.1 Å². The Morgan fingerprint density at radius 1 is 1.56 bits per heavy atom. The van der Waals surface area contributed by atoms with Crippen molar-refractivity contribution in [3.8, 4) is 5.75 Å². The van der Waals surface area contributed by atoms with Gasteiger partial charge in [0.2, 0.25) is 0 Å². The maximum atomic E-state index is 5.85. The smallest absolute Gasteiger partial charge is 0.133 e. The zero-order valence-corrected chi connectivity index (χ0v) is 11.9. The van der Waals surface area contributed by atoms with Crippen LogP contribution in [0.2, 0.25) is 0 Å². The van der Waals surface area contributed by atoms with Crippen LogP contribution in [0.5, 0.6) is 5.75 Å². The van der Waals surface area contributed by atoms with Gasteiger partial charge in [-0.25, -0.2) is 0 Å². The summed E-state index contributed by atoms with van der Waals surface area (Å²) in [5, 5.41) is 0. The van der Waals surface area contributed by atoms with Crippen molar-refractivity contribution in [2.75, 3.05) is 0 Å². The van der Waals surface area contributed by atoms with E-state index in [1.165, 1.54) is 5.56 Å². The van der Waals surface area contributed by atoms with Crippen LogP contribution in [0.3, 0.4) is 0 Å². The fourth-order valence-electron chi connectivity index (χ4n) is 1.37. The van der Waals surface area contributed by atoms with Crippen molar-refractivity contribution in [3.63, 3.8) is 0 Å². The Kier molecular flexibility index (Phi) is 5.22. The lowest BCUT2D eigenvalue weighted by Crippen LogP contribution is -2.23. The van der Waals surface area contributed by atoms with Gasteiger partial charge in [0, 0.05) is 6.42 Å². The van der Waals surface area contributed by atoms with Gasteiger partial charge < -0.3 is 10.5 Å². The second-order valence-corrected chi connectivity index (χ2v) is 5.13. The van der Waals surface area contributed by atoms with Crippen LogP contribution in [-0.2, 0) is 0 Å². The molecular formula is C12H16BrNOS. The van der Waals surface area contributed by atoms with Gasteiger partial charge in [0.05, 0.1) is 9.46 Å². The Hall–Kier alpha value is -0.610. The molecule has 0 bridgehead atoms. The summed E-state index contributed by atoms with van der Waals surface area (Å²) in [4.78, 5) is 0.495. The molecule has 4 heteroatoms. The lowest BCUT2D eigenvalue weighted by Gasteiger charge is -2.18. The average Bonchev–Trinajstić information content (AvgIpc) is 2.20. The van der Waals surface area contributed by atoms with Crippen LogP contribution in [0.4, 0.5) is 0 Å². The van der Waals surface area contributed by atoms with E-state index in [1.807, 2.05) is 25.1 Å². The molecule has 1 aromatic carbocycles. The Balaban J connectivity index is 2.73. The van der Waals surface area contributed by atoms with E-state index < -0.39 is 0 Å². The van der Waals surface area contributed by atoms with Gasteiger partial charge >= 0.3 is 0 Å². The molecule has 0 heterocycles. The first kappa shape index (κ1) is 13.5. The molecule has 2 nitrogen and oxygen atoms in total. The summed E-state index contributed by atoms with van der Waals surface area (Å²) in [6, 6.07) is 6.01. The third-order valence-corrected chi connectivity index (χ3v) is 3.05. The Morgan fingerprint density at radius 3 is 2.75 bits per heavy atom. The van der Waals surface area contributed by atoms with Gasteiger partial charge in [0.25, 0.3) is 0 Å². The minimum absolute atomic E-state index is 0.0523. The summed E-state index contributed by atoms with van der Waals surface area (Å²) >= 11 is 8.38. The molecule has 0 amide bonds.